The Morgan fingerprint density at radius 1 is 1.32 bits per heavy atom. The van der Waals surface area contributed by atoms with E-state index in [0.29, 0.717) is 17.9 Å². The average molecular weight is 315 g/mol. The summed E-state index contributed by atoms with van der Waals surface area (Å²) in [7, 11) is 0.108. The molecule has 5 nitrogen and oxygen atoms in total. The predicted molar refractivity (Wildman–Crippen MR) is 93.0 cm³/mol. The maximum atomic E-state index is 13.1. The minimum atomic E-state index is -1.85. The molecule has 22 heavy (non-hydrogen) atoms. The fourth-order valence-corrected chi connectivity index (χ4v) is 4.69. The minimum absolute atomic E-state index is 0.0614. The molecule has 0 spiro atoms. The predicted octanol–water partition coefficient (Wildman–Crippen LogP) is 2.36. The van der Waals surface area contributed by atoms with Crippen LogP contribution in [0.15, 0.2) is 23.3 Å². The number of aromatic amines is 1. The van der Waals surface area contributed by atoms with Crippen LogP contribution in [0.25, 0.3) is 21.9 Å². The van der Waals surface area contributed by atoms with Crippen LogP contribution in [0.4, 0.5) is 0 Å². The Labute approximate surface area is 129 Å². The van der Waals surface area contributed by atoms with Crippen molar-refractivity contribution in [2.24, 2.45) is 7.05 Å². The van der Waals surface area contributed by atoms with E-state index in [2.05, 4.69) is 29.6 Å². The van der Waals surface area contributed by atoms with Gasteiger partial charge in [-0.05, 0) is 13.0 Å². The standard InChI is InChI=1S/C16H21N3O2Si/c1-6-21-16-14(22(3,4)5)13(20)11-9-18-15-10(7-8-17-15)12(11)19(16)2/h7-9H,6H2,1-5H3,(H,17,18). The summed E-state index contributed by atoms with van der Waals surface area (Å²) in [6.07, 6.45) is 3.52. The Morgan fingerprint density at radius 2 is 2.05 bits per heavy atom. The molecule has 0 aliphatic carbocycles. The van der Waals surface area contributed by atoms with Gasteiger partial charge in [0.05, 0.1) is 25.6 Å². The molecule has 3 heterocycles. The number of hydrogen-bond donors (Lipinski definition) is 1. The summed E-state index contributed by atoms with van der Waals surface area (Å²) < 4.78 is 7.88. The van der Waals surface area contributed by atoms with E-state index in [0.717, 1.165) is 21.7 Å². The molecule has 0 fully saturated rings. The smallest absolute Gasteiger partial charge is 0.196 e. The SMILES string of the molecule is CCOc1c([Si](C)(C)C)c(=O)c2cnc3[nH]ccc3c2n1C. The number of H-pyrrole nitrogens is 1. The number of nitrogens with zero attached hydrogens (tertiary/aromatic N) is 2. The van der Waals surface area contributed by atoms with Crippen molar-refractivity contribution in [2.75, 3.05) is 6.61 Å². The number of rotatable bonds is 3. The van der Waals surface area contributed by atoms with Crippen molar-refractivity contribution >= 4 is 35.2 Å². The third-order valence-corrected chi connectivity index (χ3v) is 5.86. The number of ether oxygens (including phenoxy) is 1. The normalized spacial score (nSPS) is 12.2. The molecule has 6 heteroatoms. The lowest BCUT2D eigenvalue weighted by Crippen LogP contribution is -2.49. The lowest BCUT2D eigenvalue weighted by molar-refractivity contribution is 0.318. The van der Waals surface area contributed by atoms with E-state index in [1.807, 2.05) is 30.8 Å². The maximum absolute atomic E-state index is 13.1. The summed E-state index contributed by atoms with van der Waals surface area (Å²) >= 11 is 0. The highest BCUT2D eigenvalue weighted by Gasteiger charge is 2.29. The molecule has 0 aromatic carbocycles. The molecule has 0 radical (unpaired) electrons. The second kappa shape index (κ2) is 4.98. The first kappa shape index (κ1) is 14.8. The van der Waals surface area contributed by atoms with Crippen LogP contribution in [0.2, 0.25) is 19.6 Å². The number of nitrogens with one attached hydrogen (secondary N) is 1. The molecule has 3 aromatic heterocycles. The Bertz CT molecular complexity index is 919. The van der Waals surface area contributed by atoms with Crippen molar-refractivity contribution in [2.45, 2.75) is 26.6 Å². The highest BCUT2D eigenvalue weighted by Crippen LogP contribution is 2.24. The Hall–Kier alpha value is -2.08. The number of hydrogen-bond acceptors (Lipinski definition) is 3. The van der Waals surface area contributed by atoms with Gasteiger partial charge in [-0.2, -0.15) is 0 Å². The quantitative estimate of drug-likeness (QED) is 0.755. The van der Waals surface area contributed by atoms with Crippen molar-refractivity contribution in [3.8, 4) is 5.88 Å². The fraction of sp³-hybridized carbons (Fsp3) is 0.375. The van der Waals surface area contributed by atoms with E-state index < -0.39 is 8.07 Å². The molecule has 3 aromatic rings. The Morgan fingerprint density at radius 3 is 2.68 bits per heavy atom. The molecular weight excluding hydrogens is 294 g/mol. The highest BCUT2D eigenvalue weighted by molar-refractivity contribution is 6.89. The highest BCUT2D eigenvalue weighted by atomic mass is 28.3. The molecule has 0 bridgehead atoms. The van der Waals surface area contributed by atoms with Crippen LogP contribution in [-0.2, 0) is 7.05 Å². The van der Waals surface area contributed by atoms with Gasteiger partial charge in [-0.25, -0.2) is 4.98 Å². The summed E-state index contributed by atoms with van der Waals surface area (Å²) in [4.78, 5) is 20.6. The third kappa shape index (κ3) is 2.06. The average Bonchev–Trinajstić information content (AvgIpc) is 2.90. The zero-order chi connectivity index (χ0) is 16.1. The van der Waals surface area contributed by atoms with E-state index in [9.17, 15) is 4.79 Å². The first-order valence-electron chi connectivity index (χ1n) is 7.48. The second-order valence-electron chi connectivity index (χ2n) is 6.51. The topological polar surface area (TPSA) is 59.9 Å². The van der Waals surface area contributed by atoms with Crippen LogP contribution >= 0.6 is 0 Å². The van der Waals surface area contributed by atoms with Crippen molar-refractivity contribution < 1.29 is 4.74 Å². The van der Waals surface area contributed by atoms with E-state index in [1.165, 1.54) is 0 Å². The van der Waals surface area contributed by atoms with Crippen molar-refractivity contribution in [1.82, 2.24) is 14.5 Å². The second-order valence-corrected chi connectivity index (χ2v) is 11.5. The third-order valence-electron chi connectivity index (χ3n) is 3.91. The van der Waals surface area contributed by atoms with Gasteiger partial charge in [0.2, 0.25) is 0 Å². The summed E-state index contributed by atoms with van der Waals surface area (Å²) in [5, 5.41) is 2.44. The van der Waals surface area contributed by atoms with Crippen LogP contribution in [0.3, 0.4) is 0 Å². The first-order valence-corrected chi connectivity index (χ1v) is 11.0. The monoisotopic (exact) mass is 315 g/mol. The molecule has 0 amide bonds. The summed E-state index contributed by atoms with van der Waals surface area (Å²) in [6.45, 7) is 8.99. The molecule has 0 aliphatic rings. The van der Waals surface area contributed by atoms with Crippen LogP contribution < -0.4 is 15.4 Å². The minimum Gasteiger partial charge on any atom is -0.479 e. The molecule has 0 saturated heterocycles. The van der Waals surface area contributed by atoms with Gasteiger partial charge in [-0.3, -0.25) is 4.79 Å². The molecule has 116 valence electrons. The number of aryl methyl sites for hydroxylation is 1. The Kier molecular flexibility index (Phi) is 3.36. The van der Waals surface area contributed by atoms with Crippen LogP contribution in [0.5, 0.6) is 5.88 Å². The maximum Gasteiger partial charge on any atom is 0.196 e. The lowest BCUT2D eigenvalue weighted by atomic mass is 10.2. The van der Waals surface area contributed by atoms with Crippen molar-refractivity contribution in [1.29, 1.82) is 0 Å². The van der Waals surface area contributed by atoms with Crippen molar-refractivity contribution in [3.63, 3.8) is 0 Å². The summed E-state index contributed by atoms with van der Waals surface area (Å²) in [5.41, 5.74) is 1.72. The zero-order valence-electron chi connectivity index (χ0n) is 13.7. The van der Waals surface area contributed by atoms with Crippen molar-refractivity contribution in [3.05, 3.63) is 28.7 Å². The largest absolute Gasteiger partial charge is 0.479 e. The van der Waals surface area contributed by atoms with Gasteiger partial charge in [0.15, 0.2) is 11.3 Å². The molecular formula is C16H21N3O2Si. The van der Waals surface area contributed by atoms with E-state index in [1.54, 1.807) is 6.20 Å². The van der Waals surface area contributed by atoms with Gasteiger partial charge >= 0.3 is 0 Å². The molecule has 3 rings (SSSR count). The number of aromatic nitrogens is 3. The molecule has 0 unspecified atom stereocenters. The zero-order valence-corrected chi connectivity index (χ0v) is 14.7. The van der Waals surface area contributed by atoms with E-state index in [4.69, 9.17) is 4.74 Å². The Balaban J connectivity index is 2.57. The summed E-state index contributed by atoms with van der Waals surface area (Å²) in [6, 6.07) is 1.95. The molecule has 0 atom stereocenters. The lowest BCUT2D eigenvalue weighted by Gasteiger charge is -2.23. The molecule has 1 N–H and O–H groups in total. The van der Waals surface area contributed by atoms with Gasteiger partial charge in [-0.15, -0.1) is 0 Å². The van der Waals surface area contributed by atoms with Gasteiger partial charge in [0.25, 0.3) is 0 Å². The fourth-order valence-electron chi connectivity index (χ4n) is 2.99. The molecule has 0 saturated carbocycles. The van der Waals surface area contributed by atoms with Gasteiger partial charge in [-0.1, -0.05) is 19.6 Å². The van der Waals surface area contributed by atoms with Crippen LogP contribution in [0, 0.1) is 0 Å². The van der Waals surface area contributed by atoms with Crippen LogP contribution in [0.1, 0.15) is 6.92 Å². The van der Waals surface area contributed by atoms with Gasteiger partial charge in [0.1, 0.15) is 5.65 Å². The first-order chi connectivity index (χ1) is 10.4. The van der Waals surface area contributed by atoms with Gasteiger partial charge in [0, 0.05) is 30.0 Å². The van der Waals surface area contributed by atoms with Crippen LogP contribution in [-0.4, -0.2) is 29.2 Å². The summed E-state index contributed by atoms with van der Waals surface area (Å²) in [5.74, 6) is 0.702. The molecule has 0 aliphatic heterocycles. The number of pyridine rings is 2. The number of fused-ring (bicyclic) bond motifs is 3. The van der Waals surface area contributed by atoms with E-state index in [-0.39, 0.29) is 5.43 Å². The van der Waals surface area contributed by atoms with E-state index >= 15 is 0 Å². The van der Waals surface area contributed by atoms with Gasteiger partial charge < -0.3 is 14.3 Å².